The number of benzene rings is 1. The third kappa shape index (κ3) is 2.20. The monoisotopic (exact) mass is 266 g/mol. The van der Waals surface area contributed by atoms with E-state index in [2.05, 4.69) is 0 Å². The van der Waals surface area contributed by atoms with E-state index in [0.717, 1.165) is 0 Å². The molecule has 1 aliphatic heterocycles. The van der Waals surface area contributed by atoms with Crippen LogP contribution in [0.15, 0.2) is 12.1 Å². The lowest BCUT2D eigenvalue weighted by Gasteiger charge is -2.32. The van der Waals surface area contributed by atoms with Gasteiger partial charge in [0.15, 0.2) is 0 Å². The molecule has 0 spiro atoms. The minimum atomic E-state index is -0.795. The number of halogens is 2. The Morgan fingerprint density at radius 2 is 1.67 bits per heavy atom. The zero-order valence-electron chi connectivity index (χ0n) is 10.9. The van der Waals surface area contributed by atoms with E-state index < -0.39 is 24.1 Å². The van der Waals surface area contributed by atoms with Crippen molar-refractivity contribution in [3.05, 3.63) is 23.0 Å². The van der Waals surface area contributed by atoms with Crippen LogP contribution >= 0.6 is 11.6 Å². The fourth-order valence-corrected chi connectivity index (χ4v) is 2.01. The Morgan fingerprint density at radius 3 is 2.17 bits per heavy atom. The van der Waals surface area contributed by atoms with Crippen molar-refractivity contribution >= 4 is 37.5 Å². The quantitative estimate of drug-likeness (QED) is 0.718. The van der Waals surface area contributed by atoms with Crippen LogP contribution in [0.1, 0.15) is 27.7 Å². The highest BCUT2D eigenvalue weighted by atomic mass is 35.5. The van der Waals surface area contributed by atoms with E-state index in [4.69, 9.17) is 28.8 Å². The highest BCUT2D eigenvalue weighted by Crippen LogP contribution is 2.36. The molecule has 0 bridgehead atoms. The SMILES string of the molecule is [B]c1cc(Cl)cc(B2OC(C)(C)C(C)(C)O2)c1F. The molecule has 0 aliphatic carbocycles. The zero-order chi connectivity index (χ0) is 13.7. The van der Waals surface area contributed by atoms with Crippen molar-refractivity contribution in [1.29, 1.82) is 0 Å². The van der Waals surface area contributed by atoms with E-state index in [1.165, 1.54) is 12.1 Å². The second kappa shape index (κ2) is 4.26. The second-order valence-electron chi connectivity index (χ2n) is 5.49. The molecule has 2 radical (unpaired) electrons. The van der Waals surface area contributed by atoms with Crippen LogP contribution in [-0.2, 0) is 9.31 Å². The van der Waals surface area contributed by atoms with Crippen LogP contribution in [0.5, 0.6) is 0 Å². The first-order valence-electron chi connectivity index (χ1n) is 5.74. The number of hydrogen-bond acceptors (Lipinski definition) is 2. The summed E-state index contributed by atoms with van der Waals surface area (Å²) in [6.07, 6.45) is 0. The van der Waals surface area contributed by atoms with Gasteiger partial charge >= 0.3 is 7.12 Å². The smallest absolute Gasteiger partial charge is 0.399 e. The minimum absolute atomic E-state index is 0.00721. The van der Waals surface area contributed by atoms with Gasteiger partial charge in [-0.25, -0.2) is 4.39 Å². The molecule has 0 aromatic heterocycles. The highest BCUT2D eigenvalue weighted by Gasteiger charge is 2.52. The fraction of sp³-hybridized carbons (Fsp3) is 0.500. The molecule has 0 amide bonds. The first kappa shape index (κ1) is 13.9. The summed E-state index contributed by atoms with van der Waals surface area (Å²) in [5, 5.41) is 0.360. The predicted octanol–water partition coefficient (Wildman–Crippen LogP) is 1.57. The van der Waals surface area contributed by atoms with Crippen LogP contribution in [-0.4, -0.2) is 26.2 Å². The maximum atomic E-state index is 14.0. The lowest BCUT2D eigenvalue weighted by Crippen LogP contribution is -2.41. The highest BCUT2D eigenvalue weighted by molar-refractivity contribution is 6.63. The summed E-state index contributed by atoms with van der Waals surface area (Å²) >= 11 is 5.88. The van der Waals surface area contributed by atoms with Crippen LogP contribution in [0.2, 0.25) is 5.02 Å². The minimum Gasteiger partial charge on any atom is -0.399 e. The van der Waals surface area contributed by atoms with Gasteiger partial charge in [0.2, 0.25) is 0 Å². The maximum Gasteiger partial charge on any atom is 0.497 e. The molecule has 1 fully saturated rings. The summed E-state index contributed by atoms with van der Waals surface area (Å²) in [4.78, 5) is 0. The average Bonchev–Trinajstić information content (AvgIpc) is 2.42. The standard InChI is InChI=1S/C12H14B2ClFO2/c1-11(2)12(3,4)18-14(17-11)9-6-7(15)5-8(13)10(9)16/h5-6H,1-4H3. The van der Waals surface area contributed by atoms with Crippen molar-refractivity contribution in [1.82, 2.24) is 0 Å². The average molecular weight is 266 g/mol. The fourth-order valence-electron chi connectivity index (χ4n) is 1.77. The van der Waals surface area contributed by atoms with Gasteiger partial charge in [0.1, 0.15) is 13.7 Å². The van der Waals surface area contributed by atoms with Crippen molar-refractivity contribution in [2.24, 2.45) is 0 Å². The van der Waals surface area contributed by atoms with E-state index in [9.17, 15) is 4.39 Å². The largest absolute Gasteiger partial charge is 0.497 e. The molecule has 0 atom stereocenters. The van der Waals surface area contributed by atoms with E-state index in [-0.39, 0.29) is 10.9 Å². The summed E-state index contributed by atoms with van der Waals surface area (Å²) in [5.41, 5.74) is -0.826. The first-order valence-corrected chi connectivity index (χ1v) is 6.12. The molecule has 0 N–H and O–H groups in total. The van der Waals surface area contributed by atoms with Crippen LogP contribution in [0.25, 0.3) is 0 Å². The number of rotatable bonds is 1. The van der Waals surface area contributed by atoms with Gasteiger partial charge in [0.25, 0.3) is 0 Å². The molecule has 1 aliphatic rings. The topological polar surface area (TPSA) is 18.5 Å². The normalized spacial score (nSPS) is 21.3. The third-order valence-electron chi connectivity index (χ3n) is 3.60. The summed E-state index contributed by atoms with van der Waals surface area (Å²) < 4.78 is 25.5. The summed E-state index contributed by atoms with van der Waals surface area (Å²) in [6.45, 7) is 7.61. The van der Waals surface area contributed by atoms with Crippen LogP contribution in [0, 0.1) is 5.82 Å². The third-order valence-corrected chi connectivity index (χ3v) is 3.82. The van der Waals surface area contributed by atoms with Gasteiger partial charge in [-0.05, 0) is 39.8 Å². The van der Waals surface area contributed by atoms with Gasteiger partial charge < -0.3 is 9.31 Å². The molecule has 0 saturated carbocycles. The van der Waals surface area contributed by atoms with Gasteiger partial charge in [-0.3, -0.25) is 0 Å². The van der Waals surface area contributed by atoms with Crippen molar-refractivity contribution in [2.75, 3.05) is 0 Å². The molecular weight excluding hydrogens is 252 g/mol. The molecule has 1 heterocycles. The van der Waals surface area contributed by atoms with Gasteiger partial charge in [0.05, 0.1) is 11.2 Å². The Bertz CT molecular complexity index is 475. The Hall–Kier alpha value is -0.510. The summed E-state index contributed by atoms with van der Waals surface area (Å²) in [7, 11) is 4.76. The molecule has 2 nitrogen and oxygen atoms in total. The molecule has 94 valence electrons. The Morgan fingerprint density at radius 1 is 1.17 bits per heavy atom. The van der Waals surface area contributed by atoms with Crippen LogP contribution in [0.4, 0.5) is 4.39 Å². The van der Waals surface area contributed by atoms with Crippen molar-refractivity contribution < 1.29 is 13.7 Å². The van der Waals surface area contributed by atoms with Crippen molar-refractivity contribution in [3.8, 4) is 0 Å². The van der Waals surface area contributed by atoms with E-state index in [1.54, 1.807) is 0 Å². The number of hydrogen-bond donors (Lipinski definition) is 0. The van der Waals surface area contributed by atoms with Gasteiger partial charge in [-0.2, -0.15) is 0 Å². The molecule has 18 heavy (non-hydrogen) atoms. The second-order valence-corrected chi connectivity index (χ2v) is 5.92. The molecule has 6 heteroatoms. The van der Waals surface area contributed by atoms with Gasteiger partial charge in [-0.15, -0.1) is 0 Å². The Kier molecular flexibility index (Phi) is 3.29. The molecule has 1 saturated heterocycles. The molecule has 2 rings (SSSR count). The van der Waals surface area contributed by atoms with Crippen LogP contribution < -0.4 is 10.9 Å². The van der Waals surface area contributed by atoms with Crippen LogP contribution in [0.3, 0.4) is 0 Å². The Labute approximate surface area is 113 Å². The predicted molar refractivity (Wildman–Crippen MR) is 72.5 cm³/mol. The summed E-state index contributed by atoms with van der Waals surface area (Å²) in [6, 6.07) is 2.85. The van der Waals surface area contributed by atoms with Crippen molar-refractivity contribution in [2.45, 2.75) is 38.9 Å². The molecule has 1 aromatic rings. The zero-order valence-corrected chi connectivity index (χ0v) is 11.6. The van der Waals surface area contributed by atoms with Gasteiger partial charge in [-0.1, -0.05) is 17.1 Å². The summed E-state index contributed by atoms with van der Waals surface area (Å²) in [5.74, 6) is -0.544. The lowest BCUT2D eigenvalue weighted by atomic mass is 9.75. The Balaban J connectivity index is 2.41. The molecule has 0 unspecified atom stereocenters. The van der Waals surface area contributed by atoms with Gasteiger partial charge in [0, 0.05) is 10.5 Å². The van der Waals surface area contributed by atoms with Crippen molar-refractivity contribution in [3.63, 3.8) is 0 Å². The van der Waals surface area contributed by atoms with E-state index in [1.807, 2.05) is 27.7 Å². The molecular formula is C12H14B2ClFO2. The first-order chi connectivity index (χ1) is 8.14. The maximum absolute atomic E-state index is 14.0. The lowest BCUT2D eigenvalue weighted by molar-refractivity contribution is 0.00578. The molecule has 1 aromatic carbocycles. The van der Waals surface area contributed by atoms with E-state index in [0.29, 0.717) is 5.02 Å². The van der Waals surface area contributed by atoms with E-state index >= 15 is 0 Å².